The molecule has 3 aromatic rings. The number of ether oxygens (including phenoxy) is 4. The molecule has 0 aliphatic carbocycles. The Kier molecular flexibility index (Phi) is 4.78. The van der Waals surface area contributed by atoms with Crippen molar-refractivity contribution in [3.63, 3.8) is 0 Å². The predicted molar refractivity (Wildman–Crippen MR) is 115 cm³/mol. The fourth-order valence-corrected chi connectivity index (χ4v) is 3.94. The summed E-state index contributed by atoms with van der Waals surface area (Å²) in [6.45, 7) is 0.601. The Bertz CT molecular complexity index is 1120. The fourth-order valence-electron chi connectivity index (χ4n) is 3.94. The number of para-hydroxylation sites is 1. The molecule has 0 bridgehead atoms. The molecule has 1 atom stereocenters. The molecule has 1 amide bonds. The minimum absolute atomic E-state index is 0.0567. The molecule has 31 heavy (non-hydrogen) atoms. The van der Waals surface area contributed by atoms with Crippen LogP contribution in [0.1, 0.15) is 27.7 Å². The summed E-state index contributed by atoms with van der Waals surface area (Å²) in [5, 5.41) is 3.51. The van der Waals surface area contributed by atoms with Crippen LogP contribution in [-0.2, 0) is 6.54 Å². The molecule has 0 aromatic heterocycles. The summed E-state index contributed by atoms with van der Waals surface area (Å²) >= 11 is 0. The van der Waals surface area contributed by atoms with Crippen molar-refractivity contribution in [2.75, 3.05) is 26.3 Å². The third kappa shape index (κ3) is 3.48. The van der Waals surface area contributed by atoms with E-state index in [2.05, 4.69) is 5.32 Å². The van der Waals surface area contributed by atoms with Crippen LogP contribution in [0.3, 0.4) is 0 Å². The number of anilines is 1. The van der Waals surface area contributed by atoms with Crippen LogP contribution in [0.25, 0.3) is 0 Å². The van der Waals surface area contributed by atoms with Crippen LogP contribution in [0.4, 0.5) is 5.69 Å². The maximum Gasteiger partial charge on any atom is 0.258 e. The third-order valence-electron chi connectivity index (χ3n) is 5.50. The zero-order valence-corrected chi connectivity index (χ0v) is 17.3. The number of nitrogens with zero attached hydrogens (tertiary/aromatic N) is 1. The van der Waals surface area contributed by atoms with Crippen LogP contribution >= 0.6 is 0 Å². The van der Waals surface area contributed by atoms with Gasteiger partial charge in [-0.1, -0.05) is 18.2 Å². The lowest BCUT2D eigenvalue weighted by molar-refractivity contribution is 0.0666. The molecule has 1 unspecified atom stereocenters. The van der Waals surface area contributed by atoms with Gasteiger partial charge in [-0.05, 0) is 42.0 Å². The zero-order valence-electron chi connectivity index (χ0n) is 17.3. The molecule has 5 rings (SSSR count). The quantitative estimate of drug-likeness (QED) is 0.670. The second-order valence-corrected chi connectivity index (χ2v) is 7.36. The first kappa shape index (κ1) is 19.1. The molecular formula is C24H22N2O5. The standard InChI is InChI=1S/C24H22N2O5/c1-28-17-10-16(11-18(12-17)29-2)23-25-20-6-4-3-5-19(20)24(27)26(23)13-15-7-8-21-22(9-15)31-14-30-21/h3-12,23,25H,13-14H2,1-2H3. The van der Waals surface area contributed by atoms with Crippen LogP contribution in [0, 0.1) is 0 Å². The molecule has 1 N–H and O–H groups in total. The molecule has 0 spiro atoms. The van der Waals surface area contributed by atoms with Crippen LogP contribution in [0.5, 0.6) is 23.0 Å². The summed E-state index contributed by atoms with van der Waals surface area (Å²) in [6, 6.07) is 18.9. The van der Waals surface area contributed by atoms with Gasteiger partial charge in [0.2, 0.25) is 6.79 Å². The Morgan fingerprint density at radius 3 is 2.48 bits per heavy atom. The number of benzene rings is 3. The molecule has 0 radical (unpaired) electrons. The monoisotopic (exact) mass is 418 g/mol. The van der Waals surface area contributed by atoms with Crippen molar-refractivity contribution in [1.82, 2.24) is 4.90 Å². The first-order chi connectivity index (χ1) is 15.2. The van der Waals surface area contributed by atoms with Crippen molar-refractivity contribution >= 4 is 11.6 Å². The molecule has 158 valence electrons. The van der Waals surface area contributed by atoms with Gasteiger partial charge in [-0.15, -0.1) is 0 Å². The summed E-state index contributed by atoms with van der Waals surface area (Å²) in [5.41, 5.74) is 3.23. The van der Waals surface area contributed by atoms with Crippen molar-refractivity contribution in [1.29, 1.82) is 0 Å². The van der Waals surface area contributed by atoms with Crippen molar-refractivity contribution in [2.24, 2.45) is 0 Å². The number of hydrogen-bond donors (Lipinski definition) is 1. The molecule has 3 aromatic carbocycles. The minimum atomic E-state index is -0.406. The van der Waals surface area contributed by atoms with Gasteiger partial charge in [-0.25, -0.2) is 0 Å². The van der Waals surface area contributed by atoms with E-state index in [1.807, 2.05) is 60.7 Å². The van der Waals surface area contributed by atoms with E-state index in [-0.39, 0.29) is 12.7 Å². The number of hydrogen-bond acceptors (Lipinski definition) is 6. The predicted octanol–water partition coefficient (Wildman–Crippen LogP) is 4.20. The first-order valence-corrected chi connectivity index (χ1v) is 9.94. The summed E-state index contributed by atoms with van der Waals surface area (Å²) in [5.74, 6) is 2.66. The van der Waals surface area contributed by atoms with Gasteiger partial charge in [0.05, 0.1) is 19.8 Å². The van der Waals surface area contributed by atoms with Gasteiger partial charge >= 0.3 is 0 Å². The lowest BCUT2D eigenvalue weighted by Crippen LogP contribution is -2.42. The van der Waals surface area contributed by atoms with E-state index in [0.717, 1.165) is 16.8 Å². The van der Waals surface area contributed by atoms with Gasteiger partial charge in [0.1, 0.15) is 17.7 Å². The third-order valence-corrected chi connectivity index (χ3v) is 5.50. The average Bonchev–Trinajstić information content (AvgIpc) is 3.28. The number of rotatable bonds is 5. The second kappa shape index (κ2) is 7.75. The van der Waals surface area contributed by atoms with Crippen molar-refractivity contribution in [3.05, 3.63) is 77.4 Å². The highest BCUT2D eigenvalue weighted by molar-refractivity contribution is 6.01. The molecule has 2 aliphatic heterocycles. The van der Waals surface area contributed by atoms with E-state index in [1.165, 1.54) is 0 Å². The Morgan fingerprint density at radius 1 is 0.968 bits per heavy atom. The van der Waals surface area contributed by atoms with Crippen molar-refractivity contribution < 1.29 is 23.7 Å². The largest absolute Gasteiger partial charge is 0.497 e. The molecular weight excluding hydrogens is 396 g/mol. The van der Waals surface area contributed by atoms with E-state index in [1.54, 1.807) is 19.1 Å². The Balaban J connectivity index is 1.56. The van der Waals surface area contributed by atoms with Crippen LogP contribution in [0.2, 0.25) is 0 Å². The highest BCUT2D eigenvalue weighted by Gasteiger charge is 2.33. The van der Waals surface area contributed by atoms with Gasteiger partial charge in [0.25, 0.3) is 5.91 Å². The zero-order chi connectivity index (χ0) is 21.4. The molecule has 7 nitrogen and oxygen atoms in total. The lowest BCUT2D eigenvalue weighted by Gasteiger charge is -2.38. The van der Waals surface area contributed by atoms with E-state index >= 15 is 0 Å². The molecule has 2 aliphatic rings. The molecule has 7 heteroatoms. The number of methoxy groups -OCH3 is 2. The smallest absolute Gasteiger partial charge is 0.258 e. The topological polar surface area (TPSA) is 69.3 Å². The second-order valence-electron chi connectivity index (χ2n) is 7.36. The number of nitrogens with one attached hydrogen (secondary N) is 1. The van der Waals surface area contributed by atoms with E-state index in [0.29, 0.717) is 35.1 Å². The SMILES string of the molecule is COc1cc(OC)cc(C2Nc3ccccc3C(=O)N2Cc2ccc3c(c2)OCO3)c1. The van der Waals surface area contributed by atoms with Gasteiger partial charge < -0.3 is 29.2 Å². The molecule has 0 saturated heterocycles. The molecule has 0 fully saturated rings. The maximum atomic E-state index is 13.5. The summed E-state index contributed by atoms with van der Waals surface area (Å²) in [7, 11) is 3.22. The van der Waals surface area contributed by atoms with E-state index < -0.39 is 6.17 Å². The van der Waals surface area contributed by atoms with Crippen molar-refractivity contribution in [2.45, 2.75) is 12.7 Å². The molecule has 2 heterocycles. The van der Waals surface area contributed by atoms with Crippen molar-refractivity contribution in [3.8, 4) is 23.0 Å². The normalized spacial score (nSPS) is 16.5. The minimum Gasteiger partial charge on any atom is -0.497 e. The summed E-state index contributed by atoms with van der Waals surface area (Å²) < 4.78 is 21.8. The Hall–Kier alpha value is -3.87. The first-order valence-electron chi connectivity index (χ1n) is 9.94. The average molecular weight is 418 g/mol. The van der Waals surface area contributed by atoms with Crippen LogP contribution in [0.15, 0.2) is 60.7 Å². The number of carbonyl (C=O) groups excluding carboxylic acids is 1. The lowest BCUT2D eigenvalue weighted by atomic mass is 10.0. The maximum absolute atomic E-state index is 13.5. The van der Waals surface area contributed by atoms with Gasteiger partial charge in [-0.3, -0.25) is 4.79 Å². The highest BCUT2D eigenvalue weighted by Crippen LogP contribution is 2.38. The van der Waals surface area contributed by atoms with E-state index in [4.69, 9.17) is 18.9 Å². The Morgan fingerprint density at radius 2 is 1.71 bits per heavy atom. The van der Waals surface area contributed by atoms with Gasteiger partial charge in [-0.2, -0.15) is 0 Å². The van der Waals surface area contributed by atoms with Gasteiger partial charge in [0, 0.05) is 23.9 Å². The van der Waals surface area contributed by atoms with Gasteiger partial charge in [0.15, 0.2) is 11.5 Å². The fraction of sp³-hybridized carbons (Fsp3) is 0.208. The van der Waals surface area contributed by atoms with Crippen LogP contribution < -0.4 is 24.3 Å². The Labute approximate surface area is 180 Å². The summed E-state index contributed by atoms with van der Waals surface area (Å²) in [4.78, 5) is 15.3. The molecule has 0 saturated carbocycles. The number of amides is 1. The highest BCUT2D eigenvalue weighted by atomic mass is 16.7. The van der Waals surface area contributed by atoms with E-state index in [9.17, 15) is 4.79 Å². The number of carbonyl (C=O) groups is 1. The number of fused-ring (bicyclic) bond motifs is 2. The van der Waals surface area contributed by atoms with Crippen LogP contribution in [-0.4, -0.2) is 31.8 Å². The summed E-state index contributed by atoms with van der Waals surface area (Å²) in [6.07, 6.45) is -0.406.